The van der Waals surface area contributed by atoms with Crippen molar-refractivity contribution < 1.29 is 14.6 Å². The topological polar surface area (TPSA) is 77.2 Å². The number of ether oxygens (including phenoxy) is 1. The number of aromatic hydroxyl groups is 1. The highest BCUT2D eigenvalue weighted by molar-refractivity contribution is 5.73. The molecule has 0 saturated heterocycles. The maximum absolute atomic E-state index is 11.2. The van der Waals surface area contributed by atoms with Crippen LogP contribution in [-0.2, 0) is 21.4 Å². The van der Waals surface area contributed by atoms with E-state index < -0.39 is 6.10 Å². The number of nitrogens with zero attached hydrogens (tertiary/aromatic N) is 3. The summed E-state index contributed by atoms with van der Waals surface area (Å²) in [5, 5.41) is 19.8. The summed E-state index contributed by atoms with van der Waals surface area (Å²) < 4.78 is 5.18. The van der Waals surface area contributed by atoms with Crippen molar-refractivity contribution in [3.8, 4) is 11.4 Å². The van der Waals surface area contributed by atoms with Crippen LogP contribution in [0.25, 0.3) is 16.7 Å². The molecule has 0 aliphatic carbocycles. The molecule has 0 fully saturated rings. The third kappa shape index (κ3) is 3.46. The van der Waals surface area contributed by atoms with E-state index in [1.807, 2.05) is 51.1 Å². The molecular formula is C20H23N3O3. The summed E-state index contributed by atoms with van der Waals surface area (Å²) in [6.45, 7) is 6.07. The van der Waals surface area contributed by atoms with E-state index >= 15 is 0 Å². The largest absolute Gasteiger partial charge is 0.505 e. The third-order valence-corrected chi connectivity index (χ3v) is 4.35. The zero-order valence-corrected chi connectivity index (χ0v) is 15.4. The molecule has 3 aromatic rings. The summed E-state index contributed by atoms with van der Waals surface area (Å²) in [7, 11) is 1.51. The summed E-state index contributed by atoms with van der Waals surface area (Å²) >= 11 is 0. The van der Waals surface area contributed by atoms with Gasteiger partial charge in [0, 0.05) is 19.1 Å². The molecule has 0 bridgehead atoms. The van der Waals surface area contributed by atoms with Crippen molar-refractivity contribution in [3.05, 3.63) is 47.5 Å². The minimum Gasteiger partial charge on any atom is -0.505 e. The lowest BCUT2D eigenvalue weighted by molar-refractivity contribution is -0.116. The number of hydrogen-bond donors (Lipinski definition) is 1. The van der Waals surface area contributed by atoms with E-state index in [4.69, 9.17) is 4.74 Å². The maximum atomic E-state index is 11.2. The lowest BCUT2D eigenvalue weighted by atomic mass is 9.84. The standard InChI is InChI=1S/C20H23N3O3/c1-20(2,3)15-10-13(9-14(12-24)26-4)11-18(19(15)25)23-21-16-7-5-6-8-17(16)22-23/h5-8,10-12,14,25H,9H2,1-4H3. The number of methoxy groups -OCH3 is 1. The monoisotopic (exact) mass is 353 g/mol. The molecule has 0 aliphatic heterocycles. The fourth-order valence-corrected chi connectivity index (χ4v) is 2.91. The van der Waals surface area contributed by atoms with Crippen LogP contribution in [-0.4, -0.2) is 39.6 Å². The van der Waals surface area contributed by atoms with Gasteiger partial charge in [0.1, 0.15) is 34.9 Å². The molecule has 0 spiro atoms. The van der Waals surface area contributed by atoms with Crippen molar-refractivity contribution in [2.24, 2.45) is 0 Å². The van der Waals surface area contributed by atoms with Crippen LogP contribution in [0.3, 0.4) is 0 Å². The Labute approximate surface area is 152 Å². The lowest BCUT2D eigenvalue weighted by Gasteiger charge is -2.23. The first-order valence-electron chi connectivity index (χ1n) is 8.50. The average molecular weight is 353 g/mol. The van der Waals surface area contributed by atoms with Gasteiger partial charge in [-0.2, -0.15) is 0 Å². The van der Waals surface area contributed by atoms with Crippen molar-refractivity contribution in [1.29, 1.82) is 0 Å². The summed E-state index contributed by atoms with van der Waals surface area (Å²) in [4.78, 5) is 12.6. The smallest absolute Gasteiger partial charge is 0.149 e. The third-order valence-electron chi connectivity index (χ3n) is 4.35. The van der Waals surface area contributed by atoms with Crippen LogP contribution in [0, 0.1) is 0 Å². The highest BCUT2D eigenvalue weighted by Gasteiger charge is 2.24. The van der Waals surface area contributed by atoms with Crippen LogP contribution in [0.2, 0.25) is 0 Å². The van der Waals surface area contributed by atoms with E-state index in [1.54, 1.807) is 6.07 Å². The number of phenolic OH excluding ortho intramolecular Hbond substituents is 1. The lowest BCUT2D eigenvalue weighted by Crippen LogP contribution is -2.18. The molecule has 1 heterocycles. The molecular weight excluding hydrogens is 330 g/mol. The molecule has 136 valence electrons. The van der Waals surface area contributed by atoms with Crippen LogP contribution in [0.15, 0.2) is 36.4 Å². The number of hydrogen-bond acceptors (Lipinski definition) is 5. The normalized spacial score (nSPS) is 13.1. The second-order valence-corrected chi connectivity index (χ2v) is 7.35. The van der Waals surface area contributed by atoms with E-state index in [1.165, 1.54) is 11.9 Å². The molecule has 0 amide bonds. The van der Waals surface area contributed by atoms with Crippen molar-refractivity contribution in [1.82, 2.24) is 15.0 Å². The number of aromatic nitrogens is 3. The molecule has 1 unspecified atom stereocenters. The van der Waals surface area contributed by atoms with Gasteiger partial charge in [0.15, 0.2) is 0 Å². The molecule has 1 aromatic heterocycles. The Hall–Kier alpha value is -2.73. The molecule has 0 saturated carbocycles. The Morgan fingerprint density at radius 1 is 1.19 bits per heavy atom. The second-order valence-electron chi connectivity index (χ2n) is 7.35. The predicted molar refractivity (Wildman–Crippen MR) is 99.8 cm³/mol. The fraction of sp³-hybridized carbons (Fsp3) is 0.350. The molecule has 3 rings (SSSR count). The minimum atomic E-state index is -0.537. The van der Waals surface area contributed by atoms with Gasteiger partial charge in [-0.05, 0) is 29.2 Å². The highest BCUT2D eigenvalue weighted by Crippen LogP contribution is 2.36. The van der Waals surface area contributed by atoms with Crippen LogP contribution in [0.1, 0.15) is 31.9 Å². The minimum absolute atomic E-state index is 0.140. The Morgan fingerprint density at radius 3 is 2.31 bits per heavy atom. The number of aldehydes is 1. The van der Waals surface area contributed by atoms with Gasteiger partial charge in [0.2, 0.25) is 0 Å². The molecule has 0 radical (unpaired) electrons. The van der Waals surface area contributed by atoms with Crippen LogP contribution in [0.5, 0.6) is 5.75 Å². The van der Waals surface area contributed by atoms with Gasteiger partial charge < -0.3 is 14.6 Å². The number of fused-ring (bicyclic) bond motifs is 1. The van der Waals surface area contributed by atoms with E-state index in [0.717, 1.165) is 28.4 Å². The van der Waals surface area contributed by atoms with Crippen LogP contribution < -0.4 is 0 Å². The van der Waals surface area contributed by atoms with Gasteiger partial charge in [-0.1, -0.05) is 39.0 Å². The quantitative estimate of drug-likeness (QED) is 0.713. The fourth-order valence-electron chi connectivity index (χ4n) is 2.91. The summed E-state index contributed by atoms with van der Waals surface area (Å²) in [5.74, 6) is 0.140. The summed E-state index contributed by atoms with van der Waals surface area (Å²) in [6, 6.07) is 11.3. The number of benzene rings is 2. The predicted octanol–water partition coefficient (Wildman–Crippen LogP) is 3.18. The Bertz CT molecular complexity index is 908. The SMILES string of the molecule is COC(C=O)Cc1cc(-n2nc3ccccc3n2)c(O)c(C(C)(C)C)c1. The number of carbonyl (C=O) groups is 1. The zero-order valence-electron chi connectivity index (χ0n) is 15.4. The summed E-state index contributed by atoms with van der Waals surface area (Å²) in [5.41, 5.74) is 3.35. The first kappa shape index (κ1) is 18.1. The van der Waals surface area contributed by atoms with Crippen molar-refractivity contribution in [3.63, 3.8) is 0 Å². The van der Waals surface area contributed by atoms with Gasteiger partial charge in [0.05, 0.1) is 0 Å². The van der Waals surface area contributed by atoms with Crippen molar-refractivity contribution >= 4 is 17.3 Å². The second kappa shape index (κ2) is 6.88. The van der Waals surface area contributed by atoms with Crippen molar-refractivity contribution in [2.45, 2.75) is 38.7 Å². The number of carbonyl (C=O) groups excluding carboxylic acids is 1. The van der Waals surface area contributed by atoms with Gasteiger partial charge in [-0.25, -0.2) is 0 Å². The van der Waals surface area contributed by atoms with Gasteiger partial charge in [0.25, 0.3) is 0 Å². The van der Waals surface area contributed by atoms with E-state index in [0.29, 0.717) is 12.1 Å². The number of phenols is 1. The molecule has 6 nitrogen and oxygen atoms in total. The van der Waals surface area contributed by atoms with E-state index in [2.05, 4.69) is 10.2 Å². The highest BCUT2D eigenvalue weighted by atomic mass is 16.5. The molecule has 2 aromatic carbocycles. The van der Waals surface area contributed by atoms with Crippen molar-refractivity contribution in [2.75, 3.05) is 7.11 Å². The zero-order chi connectivity index (χ0) is 18.9. The molecule has 1 atom stereocenters. The Morgan fingerprint density at radius 2 is 1.81 bits per heavy atom. The Balaban J connectivity index is 2.17. The van der Waals surface area contributed by atoms with Gasteiger partial charge in [-0.15, -0.1) is 15.0 Å². The van der Waals surface area contributed by atoms with Gasteiger partial charge in [-0.3, -0.25) is 0 Å². The van der Waals surface area contributed by atoms with Gasteiger partial charge >= 0.3 is 0 Å². The first-order chi connectivity index (χ1) is 12.3. The van der Waals surface area contributed by atoms with Crippen LogP contribution >= 0.6 is 0 Å². The molecule has 0 aliphatic rings. The van der Waals surface area contributed by atoms with Crippen LogP contribution in [0.4, 0.5) is 0 Å². The molecule has 26 heavy (non-hydrogen) atoms. The Kier molecular flexibility index (Phi) is 4.78. The average Bonchev–Trinajstić information content (AvgIpc) is 3.03. The first-order valence-corrected chi connectivity index (χ1v) is 8.50. The molecule has 1 N–H and O–H groups in total. The molecule has 6 heteroatoms. The summed E-state index contributed by atoms with van der Waals surface area (Å²) in [6.07, 6.45) is 0.658. The van der Waals surface area contributed by atoms with E-state index in [9.17, 15) is 9.90 Å². The maximum Gasteiger partial charge on any atom is 0.149 e. The van der Waals surface area contributed by atoms with E-state index in [-0.39, 0.29) is 11.2 Å². The number of rotatable bonds is 5.